The zero-order chi connectivity index (χ0) is 22.4. The standard InChI is InChI=1S/C21H31NO2.C2H2O4/c1-3-5-6-7-11-16-24-21(23)20-17-22(4-2)15-14-19(20)18-12-9-8-10-13-18;3-1(4)2(5)6/h8-10,12-13H,3-7,11,14-17H2,1-2H3;(H,3,4)(H,5,6). The van der Waals surface area contributed by atoms with Crippen molar-refractivity contribution in [2.75, 3.05) is 26.2 Å². The van der Waals surface area contributed by atoms with E-state index < -0.39 is 11.9 Å². The fraction of sp³-hybridized carbons (Fsp3) is 0.522. The molecular weight excluding hydrogens is 386 g/mol. The monoisotopic (exact) mass is 419 g/mol. The third kappa shape index (κ3) is 9.22. The minimum Gasteiger partial charge on any atom is -0.473 e. The highest BCUT2D eigenvalue weighted by Crippen LogP contribution is 2.28. The number of carboxylic acids is 2. The quantitative estimate of drug-likeness (QED) is 0.356. The topological polar surface area (TPSA) is 104 Å². The molecule has 1 aliphatic heterocycles. The van der Waals surface area contributed by atoms with E-state index in [1.807, 2.05) is 18.2 Å². The van der Waals surface area contributed by atoms with Crippen LogP contribution in [0.3, 0.4) is 0 Å². The molecule has 0 aromatic heterocycles. The smallest absolute Gasteiger partial charge is 0.414 e. The van der Waals surface area contributed by atoms with Crippen LogP contribution >= 0.6 is 0 Å². The molecule has 0 atom stereocenters. The van der Waals surface area contributed by atoms with E-state index in [2.05, 4.69) is 30.9 Å². The number of likely N-dealkylation sites (N-methyl/N-ethyl adjacent to an activating group) is 1. The third-order valence-electron chi connectivity index (χ3n) is 4.90. The van der Waals surface area contributed by atoms with Crippen molar-refractivity contribution in [1.29, 1.82) is 0 Å². The lowest BCUT2D eigenvalue weighted by atomic mass is 9.93. The molecule has 0 saturated heterocycles. The summed E-state index contributed by atoms with van der Waals surface area (Å²) in [5.74, 6) is -3.77. The minimum atomic E-state index is -1.82. The van der Waals surface area contributed by atoms with Crippen molar-refractivity contribution in [3.05, 3.63) is 41.5 Å². The van der Waals surface area contributed by atoms with Crippen LogP contribution in [0.15, 0.2) is 35.9 Å². The molecule has 7 heteroatoms. The van der Waals surface area contributed by atoms with Crippen LogP contribution in [0.2, 0.25) is 0 Å². The Hall–Kier alpha value is -2.67. The maximum atomic E-state index is 12.6. The lowest BCUT2D eigenvalue weighted by Gasteiger charge is -2.29. The number of unbranched alkanes of at least 4 members (excludes halogenated alkanes) is 4. The molecule has 0 aliphatic carbocycles. The number of esters is 1. The van der Waals surface area contributed by atoms with E-state index >= 15 is 0 Å². The first-order valence-electron chi connectivity index (χ1n) is 10.5. The molecule has 0 unspecified atom stereocenters. The van der Waals surface area contributed by atoms with Gasteiger partial charge in [0, 0.05) is 13.1 Å². The summed E-state index contributed by atoms with van der Waals surface area (Å²) in [5, 5.41) is 14.8. The Morgan fingerprint density at radius 2 is 1.60 bits per heavy atom. The molecule has 0 saturated carbocycles. The molecule has 2 N–H and O–H groups in total. The van der Waals surface area contributed by atoms with Crippen molar-refractivity contribution in [2.24, 2.45) is 0 Å². The lowest BCUT2D eigenvalue weighted by molar-refractivity contribution is -0.159. The van der Waals surface area contributed by atoms with Gasteiger partial charge in [-0.25, -0.2) is 14.4 Å². The van der Waals surface area contributed by atoms with Crippen molar-refractivity contribution in [3.63, 3.8) is 0 Å². The van der Waals surface area contributed by atoms with E-state index in [1.54, 1.807) is 0 Å². The molecule has 1 aromatic rings. The summed E-state index contributed by atoms with van der Waals surface area (Å²) in [6, 6.07) is 10.3. The Morgan fingerprint density at radius 3 is 2.17 bits per heavy atom. The van der Waals surface area contributed by atoms with Gasteiger partial charge in [0.25, 0.3) is 0 Å². The van der Waals surface area contributed by atoms with Crippen LogP contribution in [0.1, 0.15) is 57.9 Å². The predicted octanol–water partition coefficient (Wildman–Crippen LogP) is 3.84. The molecule has 1 aromatic carbocycles. The maximum Gasteiger partial charge on any atom is 0.414 e. The molecule has 0 spiro atoms. The Balaban J connectivity index is 0.000000656. The molecule has 0 fully saturated rings. The summed E-state index contributed by atoms with van der Waals surface area (Å²) in [4.78, 5) is 33.1. The van der Waals surface area contributed by atoms with Gasteiger partial charge in [0.1, 0.15) is 0 Å². The largest absolute Gasteiger partial charge is 0.473 e. The Labute approximate surface area is 178 Å². The average Bonchev–Trinajstić information content (AvgIpc) is 2.76. The normalized spacial score (nSPS) is 13.9. The number of aliphatic carboxylic acids is 2. The van der Waals surface area contributed by atoms with Crippen LogP contribution in [0.25, 0.3) is 5.57 Å². The van der Waals surface area contributed by atoms with Gasteiger partial charge in [-0.2, -0.15) is 0 Å². The van der Waals surface area contributed by atoms with E-state index in [9.17, 15) is 4.79 Å². The molecule has 2 rings (SSSR count). The first-order valence-corrected chi connectivity index (χ1v) is 10.5. The Bertz CT molecular complexity index is 702. The highest BCUT2D eigenvalue weighted by molar-refractivity contribution is 6.27. The maximum absolute atomic E-state index is 12.6. The fourth-order valence-electron chi connectivity index (χ4n) is 3.19. The van der Waals surface area contributed by atoms with Gasteiger partial charge in [0.15, 0.2) is 0 Å². The second-order valence-corrected chi connectivity index (χ2v) is 7.10. The summed E-state index contributed by atoms with van der Waals surface area (Å²) in [6.07, 6.45) is 6.76. The first kappa shape index (κ1) is 25.4. The van der Waals surface area contributed by atoms with Crippen LogP contribution in [0.5, 0.6) is 0 Å². The summed E-state index contributed by atoms with van der Waals surface area (Å²) < 4.78 is 5.58. The van der Waals surface area contributed by atoms with Gasteiger partial charge in [-0.05, 0) is 30.5 Å². The van der Waals surface area contributed by atoms with Crippen LogP contribution in [-0.4, -0.2) is 59.3 Å². The Morgan fingerprint density at radius 1 is 0.967 bits per heavy atom. The number of rotatable bonds is 9. The molecule has 1 heterocycles. The molecular formula is C23H33NO6. The number of carbonyl (C=O) groups is 3. The summed E-state index contributed by atoms with van der Waals surface area (Å²) in [5.41, 5.74) is 3.17. The fourth-order valence-corrected chi connectivity index (χ4v) is 3.19. The molecule has 1 aliphatic rings. The molecule has 0 bridgehead atoms. The van der Waals surface area contributed by atoms with Crippen molar-refractivity contribution in [3.8, 4) is 0 Å². The van der Waals surface area contributed by atoms with Crippen molar-refractivity contribution in [1.82, 2.24) is 4.90 Å². The van der Waals surface area contributed by atoms with Crippen LogP contribution < -0.4 is 0 Å². The number of carboxylic acid groups (broad SMARTS) is 2. The van der Waals surface area contributed by atoms with Gasteiger partial charge in [0.2, 0.25) is 0 Å². The van der Waals surface area contributed by atoms with Gasteiger partial charge in [0.05, 0.1) is 12.2 Å². The zero-order valence-electron chi connectivity index (χ0n) is 17.9. The van der Waals surface area contributed by atoms with Crippen LogP contribution in [0.4, 0.5) is 0 Å². The second-order valence-electron chi connectivity index (χ2n) is 7.10. The predicted molar refractivity (Wildman–Crippen MR) is 115 cm³/mol. The highest BCUT2D eigenvalue weighted by atomic mass is 16.5. The van der Waals surface area contributed by atoms with E-state index in [0.717, 1.165) is 49.1 Å². The van der Waals surface area contributed by atoms with E-state index in [4.69, 9.17) is 24.5 Å². The molecule has 7 nitrogen and oxygen atoms in total. The number of ether oxygens (including phenoxy) is 1. The van der Waals surface area contributed by atoms with Crippen molar-refractivity contribution < 1.29 is 29.3 Å². The molecule has 30 heavy (non-hydrogen) atoms. The number of hydrogen-bond donors (Lipinski definition) is 2. The second kappa shape index (κ2) is 14.3. The lowest BCUT2D eigenvalue weighted by Crippen LogP contribution is -2.34. The number of nitrogens with zero attached hydrogens (tertiary/aromatic N) is 1. The molecule has 0 radical (unpaired) electrons. The Kier molecular flexibility index (Phi) is 12.1. The van der Waals surface area contributed by atoms with E-state index in [-0.39, 0.29) is 5.97 Å². The van der Waals surface area contributed by atoms with Gasteiger partial charge in [-0.1, -0.05) is 69.9 Å². The summed E-state index contributed by atoms with van der Waals surface area (Å²) >= 11 is 0. The summed E-state index contributed by atoms with van der Waals surface area (Å²) in [6.45, 7) is 7.57. The molecule has 0 amide bonds. The highest BCUT2D eigenvalue weighted by Gasteiger charge is 2.24. The van der Waals surface area contributed by atoms with Gasteiger partial charge < -0.3 is 14.9 Å². The minimum absolute atomic E-state index is 0.123. The molecule has 166 valence electrons. The van der Waals surface area contributed by atoms with Crippen molar-refractivity contribution in [2.45, 2.75) is 52.4 Å². The van der Waals surface area contributed by atoms with Gasteiger partial charge >= 0.3 is 17.9 Å². The summed E-state index contributed by atoms with van der Waals surface area (Å²) in [7, 11) is 0. The zero-order valence-corrected chi connectivity index (χ0v) is 17.9. The third-order valence-corrected chi connectivity index (χ3v) is 4.90. The number of hydrogen-bond acceptors (Lipinski definition) is 5. The number of carbonyl (C=O) groups excluding carboxylic acids is 1. The number of benzene rings is 1. The average molecular weight is 420 g/mol. The van der Waals surface area contributed by atoms with E-state index in [1.165, 1.54) is 19.3 Å². The van der Waals surface area contributed by atoms with Gasteiger partial charge in [-0.15, -0.1) is 0 Å². The first-order chi connectivity index (χ1) is 14.4. The van der Waals surface area contributed by atoms with Crippen LogP contribution in [0, 0.1) is 0 Å². The van der Waals surface area contributed by atoms with Crippen molar-refractivity contribution >= 4 is 23.5 Å². The van der Waals surface area contributed by atoms with E-state index in [0.29, 0.717) is 13.2 Å². The van der Waals surface area contributed by atoms with Crippen LogP contribution in [-0.2, 0) is 19.1 Å². The SMILES string of the molecule is CCCCCCCOC(=O)C1=C(c2ccccc2)CCN(CC)C1.O=C(O)C(=O)O. The van der Waals surface area contributed by atoms with Gasteiger partial charge in [-0.3, -0.25) is 4.90 Å².